The highest BCUT2D eigenvalue weighted by atomic mass is 32.2. The number of hydrogen-bond donors (Lipinski definition) is 0. The predicted octanol–water partition coefficient (Wildman–Crippen LogP) is 2.20. The van der Waals surface area contributed by atoms with E-state index < -0.39 is 0 Å². The number of nitriles is 1. The summed E-state index contributed by atoms with van der Waals surface area (Å²) in [6.07, 6.45) is 3.29. The van der Waals surface area contributed by atoms with E-state index >= 15 is 0 Å². The average molecular weight is 187 g/mol. The number of rotatable bonds is 1. The Morgan fingerprint density at radius 2 is 1.92 bits per heavy atom. The van der Waals surface area contributed by atoms with E-state index in [1.54, 1.807) is 12.4 Å². The number of fused-ring (bicyclic) bond motifs is 1. The lowest BCUT2D eigenvalue weighted by Gasteiger charge is -1.96. The van der Waals surface area contributed by atoms with Crippen LogP contribution >= 0.6 is 11.8 Å². The first-order chi connectivity index (χ1) is 6.40. The number of nitrogens with zero attached hydrogens (tertiary/aromatic N) is 3. The maximum Gasteiger partial charge on any atom is 0.138 e. The summed E-state index contributed by atoms with van der Waals surface area (Å²) in [4.78, 5) is 9.17. The number of benzene rings is 1. The Kier molecular flexibility index (Phi) is 2.11. The second kappa shape index (κ2) is 3.42. The first-order valence-corrected chi connectivity index (χ1v) is 4.48. The molecule has 0 radical (unpaired) electrons. The van der Waals surface area contributed by atoms with Crippen LogP contribution < -0.4 is 0 Å². The zero-order chi connectivity index (χ0) is 9.10. The molecule has 0 atom stereocenters. The van der Waals surface area contributed by atoms with Crippen molar-refractivity contribution in [3.63, 3.8) is 0 Å². The van der Waals surface area contributed by atoms with Crippen LogP contribution in [0.2, 0.25) is 0 Å². The third-order valence-electron chi connectivity index (χ3n) is 1.60. The minimum atomic E-state index is 0.822. The van der Waals surface area contributed by atoms with Crippen molar-refractivity contribution in [3.8, 4) is 5.40 Å². The molecule has 0 saturated carbocycles. The fourth-order valence-corrected chi connectivity index (χ4v) is 1.47. The van der Waals surface area contributed by atoms with Gasteiger partial charge in [0.25, 0.3) is 0 Å². The second-order valence-electron chi connectivity index (χ2n) is 2.40. The van der Waals surface area contributed by atoms with E-state index in [1.807, 2.05) is 23.6 Å². The number of hydrogen-bond acceptors (Lipinski definition) is 4. The molecule has 1 heterocycles. The van der Waals surface area contributed by atoms with Crippen LogP contribution in [-0.4, -0.2) is 9.97 Å². The Morgan fingerprint density at radius 1 is 1.15 bits per heavy atom. The molecular weight excluding hydrogens is 182 g/mol. The molecule has 0 spiro atoms. The van der Waals surface area contributed by atoms with Crippen LogP contribution in [0.4, 0.5) is 0 Å². The van der Waals surface area contributed by atoms with Gasteiger partial charge in [-0.2, -0.15) is 5.26 Å². The molecule has 0 unspecified atom stereocenters. The van der Waals surface area contributed by atoms with Crippen LogP contribution in [0.1, 0.15) is 0 Å². The Bertz CT molecular complexity index is 475. The molecule has 0 aliphatic carbocycles. The molecule has 0 N–H and O–H groups in total. The van der Waals surface area contributed by atoms with E-state index in [-0.39, 0.29) is 0 Å². The summed E-state index contributed by atoms with van der Waals surface area (Å²) < 4.78 is 0. The van der Waals surface area contributed by atoms with Gasteiger partial charge >= 0.3 is 0 Å². The van der Waals surface area contributed by atoms with Crippen molar-refractivity contribution in [2.45, 2.75) is 4.90 Å². The van der Waals surface area contributed by atoms with Crippen molar-refractivity contribution in [3.05, 3.63) is 30.6 Å². The van der Waals surface area contributed by atoms with Gasteiger partial charge in [-0.3, -0.25) is 9.97 Å². The maximum absolute atomic E-state index is 8.47. The molecule has 0 aliphatic rings. The minimum Gasteiger partial charge on any atom is -0.253 e. The van der Waals surface area contributed by atoms with Crippen LogP contribution in [0.3, 0.4) is 0 Å². The average Bonchev–Trinajstić information content (AvgIpc) is 2.18. The molecule has 2 rings (SSSR count). The van der Waals surface area contributed by atoms with E-state index in [9.17, 15) is 0 Å². The summed E-state index contributed by atoms with van der Waals surface area (Å²) in [5, 5.41) is 10.5. The lowest BCUT2D eigenvalue weighted by molar-refractivity contribution is 1.28. The normalized spacial score (nSPS) is 9.77. The Hall–Kier alpha value is -1.60. The first kappa shape index (κ1) is 8.02. The van der Waals surface area contributed by atoms with Gasteiger partial charge in [-0.05, 0) is 30.0 Å². The zero-order valence-corrected chi connectivity index (χ0v) is 7.45. The summed E-state index contributed by atoms with van der Waals surface area (Å²) in [7, 11) is 0. The summed E-state index contributed by atoms with van der Waals surface area (Å²) in [6, 6.07) is 5.59. The largest absolute Gasteiger partial charge is 0.253 e. The smallest absolute Gasteiger partial charge is 0.138 e. The van der Waals surface area contributed by atoms with Crippen molar-refractivity contribution < 1.29 is 0 Å². The van der Waals surface area contributed by atoms with Gasteiger partial charge in [0.05, 0.1) is 11.0 Å². The Balaban J connectivity index is 2.57. The van der Waals surface area contributed by atoms with Crippen LogP contribution in [0, 0.1) is 10.7 Å². The molecule has 1 aromatic heterocycles. The van der Waals surface area contributed by atoms with Gasteiger partial charge in [0.15, 0.2) is 0 Å². The van der Waals surface area contributed by atoms with E-state index in [2.05, 4.69) is 9.97 Å². The van der Waals surface area contributed by atoms with Gasteiger partial charge in [-0.1, -0.05) is 0 Å². The van der Waals surface area contributed by atoms with E-state index in [0.717, 1.165) is 27.7 Å². The predicted molar refractivity (Wildman–Crippen MR) is 51.0 cm³/mol. The number of thioether (sulfide) groups is 1. The number of thiocyanates is 1. The molecule has 4 heteroatoms. The van der Waals surface area contributed by atoms with Crippen molar-refractivity contribution in [2.24, 2.45) is 0 Å². The van der Waals surface area contributed by atoms with Gasteiger partial charge < -0.3 is 0 Å². The molecule has 62 valence electrons. The van der Waals surface area contributed by atoms with Gasteiger partial charge in [0.1, 0.15) is 5.40 Å². The molecule has 13 heavy (non-hydrogen) atoms. The Labute approximate surface area is 79.4 Å². The molecule has 0 amide bonds. The van der Waals surface area contributed by atoms with Crippen LogP contribution in [0.5, 0.6) is 0 Å². The zero-order valence-electron chi connectivity index (χ0n) is 6.64. The highest BCUT2D eigenvalue weighted by molar-refractivity contribution is 8.03. The number of aromatic nitrogens is 2. The molecule has 0 saturated heterocycles. The summed E-state index contributed by atoms with van der Waals surface area (Å²) in [6.45, 7) is 0. The van der Waals surface area contributed by atoms with E-state index in [4.69, 9.17) is 5.26 Å². The van der Waals surface area contributed by atoms with Crippen molar-refractivity contribution in [1.29, 1.82) is 5.26 Å². The summed E-state index contributed by atoms with van der Waals surface area (Å²) in [5.74, 6) is 0. The van der Waals surface area contributed by atoms with Gasteiger partial charge in [-0.25, -0.2) is 0 Å². The van der Waals surface area contributed by atoms with Gasteiger partial charge in [0, 0.05) is 17.3 Å². The summed E-state index contributed by atoms with van der Waals surface area (Å²) >= 11 is 1.13. The fourth-order valence-electron chi connectivity index (χ4n) is 1.06. The highest BCUT2D eigenvalue weighted by Crippen LogP contribution is 2.19. The quantitative estimate of drug-likeness (QED) is 0.507. The highest BCUT2D eigenvalue weighted by Gasteiger charge is 1.97. The van der Waals surface area contributed by atoms with Crippen LogP contribution in [-0.2, 0) is 0 Å². The van der Waals surface area contributed by atoms with Crippen LogP contribution in [0.25, 0.3) is 11.0 Å². The lowest BCUT2D eigenvalue weighted by atomic mass is 10.3. The molecule has 3 nitrogen and oxygen atoms in total. The Morgan fingerprint density at radius 3 is 2.69 bits per heavy atom. The SMILES string of the molecule is N#CSc1ccc2nccnc2c1. The van der Waals surface area contributed by atoms with E-state index in [1.165, 1.54) is 0 Å². The summed E-state index contributed by atoms with van der Waals surface area (Å²) in [5.41, 5.74) is 1.67. The van der Waals surface area contributed by atoms with Crippen molar-refractivity contribution >= 4 is 22.8 Å². The molecule has 0 bridgehead atoms. The van der Waals surface area contributed by atoms with Gasteiger partial charge in [0.2, 0.25) is 0 Å². The lowest BCUT2D eigenvalue weighted by Crippen LogP contribution is -1.81. The van der Waals surface area contributed by atoms with Crippen molar-refractivity contribution in [2.75, 3.05) is 0 Å². The molecule has 0 aliphatic heterocycles. The van der Waals surface area contributed by atoms with Gasteiger partial charge in [-0.15, -0.1) is 0 Å². The third kappa shape index (κ3) is 1.60. The fraction of sp³-hybridized carbons (Fsp3) is 0. The molecule has 1 aromatic carbocycles. The standard InChI is InChI=1S/C9H5N3S/c10-6-13-7-1-2-8-9(5-7)12-4-3-11-8/h1-5H. The monoisotopic (exact) mass is 187 g/mol. The first-order valence-electron chi connectivity index (χ1n) is 3.67. The molecule has 0 fully saturated rings. The van der Waals surface area contributed by atoms with Crippen LogP contribution in [0.15, 0.2) is 35.5 Å². The minimum absolute atomic E-state index is 0.822. The molecular formula is C9H5N3S. The molecule has 2 aromatic rings. The van der Waals surface area contributed by atoms with E-state index in [0.29, 0.717) is 0 Å². The topological polar surface area (TPSA) is 49.6 Å². The third-order valence-corrected chi connectivity index (χ3v) is 2.19. The van der Waals surface area contributed by atoms with Crippen molar-refractivity contribution in [1.82, 2.24) is 9.97 Å². The second-order valence-corrected chi connectivity index (χ2v) is 3.26. The maximum atomic E-state index is 8.47.